The summed E-state index contributed by atoms with van der Waals surface area (Å²) in [5, 5.41) is 0. The first-order valence-electron chi connectivity index (χ1n) is 8.62. The summed E-state index contributed by atoms with van der Waals surface area (Å²) < 4.78 is 0. The maximum atomic E-state index is 2.58. The smallest absolute Gasteiger partial charge is 0.0298 e. The molecule has 0 heterocycles. The van der Waals surface area contributed by atoms with E-state index in [4.69, 9.17) is 0 Å². The molecule has 0 aromatic carbocycles. The van der Waals surface area contributed by atoms with Gasteiger partial charge in [-0.05, 0) is 79.4 Å². The zero-order valence-corrected chi connectivity index (χ0v) is 14.3. The summed E-state index contributed by atoms with van der Waals surface area (Å²) in [6, 6.07) is 0. The van der Waals surface area contributed by atoms with E-state index in [1.165, 1.54) is 51.4 Å². The Morgan fingerprint density at radius 1 is 0.632 bits per heavy atom. The van der Waals surface area contributed by atoms with Gasteiger partial charge in [0, 0.05) is 0 Å². The van der Waals surface area contributed by atoms with Crippen molar-refractivity contribution in [2.75, 3.05) is 0 Å². The fraction of sp³-hybridized carbons (Fsp3) is 1.00. The van der Waals surface area contributed by atoms with Gasteiger partial charge in [-0.15, -0.1) is 0 Å². The van der Waals surface area contributed by atoms with E-state index in [2.05, 4.69) is 41.5 Å². The van der Waals surface area contributed by atoms with E-state index in [0.29, 0.717) is 16.2 Å². The van der Waals surface area contributed by atoms with Crippen LogP contribution in [0.3, 0.4) is 0 Å². The Kier molecular flexibility index (Phi) is 4.11. The Bertz CT molecular complexity index is 258. The van der Waals surface area contributed by atoms with Crippen molar-refractivity contribution < 1.29 is 0 Å². The summed E-state index contributed by atoms with van der Waals surface area (Å²) in [7, 11) is 0. The van der Waals surface area contributed by atoms with E-state index in [1.54, 1.807) is 0 Å². The first kappa shape index (κ1) is 15.4. The molecule has 0 spiro atoms. The van der Waals surface area contributed by atoms with Crippen molar-refractivity contribution >= 4 is 0 Å². The molecule has 2 fully saturated rings. The van der Waals surface area contributed by atoms with Crippen LogP contribution in [0.5, 0.6) is 0 Å². The number of hydrogen-bond acceptors (Lipinski definition) is 0. The molecular weight excluding hydrogens is 228 g/mol. The van der Waals surface area contributed by atoms with Gasteiger partial charge in [-0.25, -0.2) is 0 Å². The molecule has 0 amide bonds. The molecule has 0 nitrogen and oxygen atoms in total. The first-order valence-corrected chi connectivity index (χ1v) is 8.62. The predicted molar refractivity (Wildman–Crippen MR) is 85.3 cm³/mol. The zero-order chi connectivity index (χ0) is 14.3. The molecule has 2 aliphatic rings. The first-order chi connectivity index (χ1) is 8.62. The van der Waals surface area contributed by atoms with Crippen molar-refractivity contribution in [3.05, 3.63) is 0 Å². The van der Waals surface area contributed by atoms with E-state index in [-0.39, 0.29) is 0 Å². The summed E-state index contributed by atoms with van der Waals surface area (Å²) in [6.45, 7) is 15.0. The van der Waals surface area contributed by atoms with Crippen LogP contribution in [-0.4, -0.2) is 0 Å². The summed E-state index contributed by atoms with van der Waals surface area (Å²) >= 11 is 0. The molecule has 19 heavy (non-hydrogen) atoms. The number of rotatable bonds is 2. The molecular formula is C19H36. The zero-order valence-electron chi connectivity index (χ0n) is 14.3. The Labute approximate surface area is 121 Å². The lowest BCUT2D eigenvalue weighted by Crippen LogP contribution is -2.39. The van der Waals surface area contributed by atoms with Crippen LogP contribution in [-0.2, 0) is 0 Å². The van der Waals surface area contributed by atoms with Gasteiger partial charge in [0.1, 0.15) is 0 Å². The minimum Gasteiger partial charge on any atom is -0.0599 e. The second kappa shape index (κ2) is 5.08. The molecule has 112 valence electrons. The monoisotopic (exact) mass is 264 g/mol. The fourth-order valence-corrected chi connectivity index (χ4v) is 4.62. The fourth-order valence-electron chi connectivity index (χ4n) is 4.62. The largest absolute Gasteiger partial charge is 0.0599 e. The average Bonchev–Trinajstić information content (AvgIpc) is 2.27. The van der Waals surface area contributed by atoms with Crippen LogP contribution in [0.4, 0.5) is 0 Å². The minimum atomic E-state index is 0.576. The Balaban J connectivity index is 1.95. The van der Waals surface area contributed by atoms with E-state index >= 15 is 0 Å². The van der Waals surface area contributed by atoms with Gasteiger partial charge in [0.15, 0.2) is 0 Å². The van der Waals surface area contributed by atoms with Crippen LogP contribution in [0.15, 0.2) is 0 Å². The molecule has 0 heteroatoms. The van der Waals surface area contributed by atoms with Crippen molar-refractivity contribution in [2.24, 2.45) is 28.1 Å². The maximum absolute atomic E-state index is 2.58. The van der Waals surface area contributed by atoms with Gasteiger partial charge >= 0.3 is 0 Å². The normalized spacial score (nSPS) is 29.4. The lowest BCUT2D eigenvalue weighted by Gasteiger charge is -2.49. The van der Waals surface area contributed by atoms with E-state index in [1.807, 2.05) is 0 Å². The molecule has 0 saturated heterocycles. The van der Waals surface area contributed by atoms with Crippen molar-refractivity contribution in [3.63, 3.8) is 0 Å². The maximum Gasteiger partial charge on any atom is -0.0298 e. The molecule has 2 aliphatic carbocycles. The molecule has 0 unspecified atom stereocenters. The van der Waals surface area contributed by atoms with Crippen molar-refractivity contribution in [2.45, 2.75) is 92.9 Å². The van der Waals surface area contributed by atoms with Gasteiger partial charge in [-0.1, -0.05) is 41.5 Å². The van der Waals surface area contributed by atoms with Crippen LogP contribution in [0.25, 0.3) is 0 Å². The second-order valence-corrected chi connectivity index (χ2v) is 9.70. The molecule has 0 atom stereocenters. The van der Waals surface area contributed by atoms with Gasteiger partial charge < -0.3 is 0 Å². The molecule has 2 saturated carbocycles. The van der Waals surface area contributed by atoms with Gasteiger partial charge in [0.2, 0.25) is 0 Å². The molecule has 0 aromatic heterocycles. The third-order valence-corrected chi connectivity index (χ3v) is 6.78. The number of hydrogen-bond donors (Lipinski definition) is 0. The summed E-state index contributed by atoms with van der Waals surface area (Å²) in [5.41, 5.74) is 1.80. The van der Waals surface area contributed by atoms with E-state index in [9.17, 15) is 0 Å². The van der Waals surface area contributed by atoms with Gasteiger partial charge in [0.05, 0.1) is 0 Å². The lowest BCUT2D eigenvalue weighted by molar-refractivity contribution is 0.0148. The highest BCUT2D eigenvalue weighted by atomic mass is 14.5. The summed E-state index contributed by atoms with van der Waals surface area (Å²) in [6.07, 6.45) is 11.7. The quantitative estimate of drug-likeness (QED) is 0.538. The molecule has 0 bridgehead atoms. The van der Waals surface area contributed by atoms with Crippen LogP contribution in [0, 0.1) is 28.1 Å². The highest BCUT2D eigenvalue weighted by Crippen LogP contribution is 2.53. The van der Waals surface area contributed by atoms with E-state index < -0.39 is 0 Å². The topological polar surface area (TPSA) is 0 Å². The van der Waals surface area contributed by atoms with Gasteiger partial charge in [-0.3, -0.25) is 0 Å². The van der Waals surface area contributed by atoms with Crippen LogP contribution in [0.2, 0.25) is 0 Å². The van der Waals surface area contributed by atoms with Crippen LogP contribution >= 0.6 is 0 Å². The molecule has 0 aliphatic heterocycles. The van der Waals surface area contributed by atoms with Crippen LogP contribution in [0.1, 0.15) is 92.9 Å². The minimum absolute atomic E-state index is 0.576. The highest BCUT2D eigenvalue weighted by Gasteiger charge is 2.42. The van der Waals surface area contributed by atoms with Crippen molar-refractivity contribution in [1.29, 1.82) is 0 Å². The molecule has 0 N–H and O–H groups in total. The van der Waals surface area contributed by atoms with Crippen molar-refractivity contribution in [1.82, 2.24) is 0 Å². The molecule has 2 rings (SSSR count). The predicted octanol–water partition coefficient (Wildman–Crippen LogP) is 6.45. The third kappa shape index (κ3) is 3.56. The Morgan fingerprint density at radius 2 is 0.895 bits per heavy atom. The molecule has 0 aromatic rings. The summed E-state index contributed by atoms with van der Waals surface area (Å²) in [5.74, 6) is 1.96. The average molecular weight is 264 g/mol. The van der Waals surface area contributed by atoms with Crippen LogP contribution < -0.4 is 0 Å². The third-order valence-electron chi connectivity index (χ3n) is 6.78. The Morgan fingerprint density at radius 3 is 1.16 bits per heavy atom. The van der Waals surface area contributed by atoms with Gasteiger partial charge in [-0.2, -0.15) is 0 Å². The SMILES string of the molecule is CC1(C)CCC(C(C)(C)C2CCC(C)(C)CC2)CC1. The van der Waals surface area contributed by atoms with Gasteiger partial charge in [0.25, 0.3) is 0 Å². The van der Waals surface area contributed by atoms with Crippen molar-refractivity contribution in [3.8, 4) is 0 Å². The second-order valence-electron chi connectivity index (χ2n) is 9.70. The summed E-state index contributed by atoms with van der Waals surface area (Å²) in [4.78, 5) is 0. The lowest BCUT2D eigenvalue weighted by atomic mass is 9.56. The Hall–Kier alpha value is 0. The van der Waals surface area contributed by atoms with E-state index in [0.717, 1.165) is 11.8 Å². The standard InChI is InChI=1S/C19H36/c1-17(2)11-7-15(8-12-17)19(5,6)16-9-13-18(3,4)14-10-16/h15-16H,7-14H2,1-6H3. The highest BCUT2D eigenvalue weighted by molar-refractivity contribution is 4.93. The molecule has 0 radical (unpaired) electrons.